The third-order valence-electron chi connectivity index (χ3n) is 4.28. The zero-order valence-electron chi connectivity index (χ0n) is 16.5. The average Bonchev–Trinajstić information content (AvgIpc) is 3.11. The van der Waals surface area contributed by atoms with Crippen LogP contribution in [-0.2, 0) is 0 Å². The third kappa shape index (κ3) is 4.87. The summed E-state index contributed by atoms with van der Waals surface area (Å²) >= 11 is 1.40. The van der Waals surface area contributed by atoms with Crippen molar-refractivity contribution in [3.05, 3.63) is 58.1 Å². The van der Waals surface area contributed by atoms with Crippen LogP contribution in [0.1, 0.15) is 17.3 Å². The van der Waals surface area contributed by atoms with Crippen molar-refractivity contribution in [1.82, 2.24) is 4.98 Å². The fourth-order valence-electron chi connectivity index (χ4n) is 2.79. The Morgan fingerprint density at radius 1 is 1.28 bits per heavy atom. The fourth-order valence-corrected chi connectivity index (χ4v) is 3.81. The summed E-state index contributed by atoms with van der Waals surface area (Å²) in [5, 5.41) is 11.6. The Hall–Kier alpha value is -3.04. The Morgan fingerprint density at radius 3 is 2.76 bits per heavy atom. The van der Waals surface area contributed by atoms with Crippen molar-refractivity contribution in [1.29, 1.82) is 0 Å². The zero-order valence-corrected chi connectivity index (χ0v) is 17.4. The number of quaternary nitrogens is 1. The first-order valence-corrected chi connectivity index (χ1v) is 10.1. The number of nitrogens with zero attached hydrogens (tertiary/aromatic N) is 3. The van der Waals surface area contributed by atoms with Crippen LogP contribution in [0.3, 0.4) is 0 Å². The number of nitro benzene ring substituents is 1. The lowest BCUT2D eigenvalue weighted by atomic mass is 10.2. The largest absolute Gasteiger partial charge is 0.494 e. The molecule has 3 rings (SSSR count). The molecule has 0 saturated carbocycles. The molecule has 0 aliphatic rings. The van der Waals surface area contributed by atoms with Crippen LogP contribution in [0.15, 0.2) is 42.5 Å². The predicted molar refractivity (Wildman–Crippen MR) is 113 cm³/mol. The zero-order chi connectivity index (χ0) is 21.0. The minimum Gasteiger partial charge on any atom is -0.494 e. The third-order valence-corrected chi connectivity index (χ3v) is 5.32. The molecule has 0 aliphatic carbocycles. The number of nitro groups is 1. The first kappa shape index (κ1) is 20.7. The average molecular weight is 415 g/mol. The highest BCUT2D eigenvalue weighted by Gasteiger charge is 2.23. The number of benzene rings is 2. The summed E-state index contributed by atoms with van der Waals surface area (Å²) in [6.07, 6.45) is 0. The molecule has 0 bridgehead atoms. The number of thiazole rings is 1. The monoisotopic (exact) mass is 415 g/mol. The van der Waals surface area contributed by atoms with Crippen molar-refractivity contribution < 1.29 is 19.4 Å². The molecular weight excluding hydrogens is 392 g/mol. The molecule has 9 heteroatoms. The lowest BCUT2D eigenvalue weighted by Crippen LogP contribution is -3.06. The number of carbonyl (C=O) groups excluding carboxylic acids is 1. The summed E-state index contributed by atoms with van der Waals surface area (Å²) in [7, 11) is 4.01. The number of amides is 1. The summed E-state index contributed by atoms with van der Waals surface area (Å²) < 4.78 is 6.46. The maximum Gasteiger partial charge on any atom is 0.270 e. The quantitative estimate of drug-likeness (QED) is 0.451. The molecule has 0 atom stereocenters. The van der Waals surface area contributed by atoms with Gasteiger partial charge < -0.3 is 9.64 Å². The van der Waals surface area contributed by atoms with Gasteiger partial charge in [-0.2, -0.15) is 0 Å². The summed E-state index contributed by atoms with van der Waals surface area (Å²) in [6.45, 7) is 3.65. The molecule has 3 aromatic rings. The fraction of sp³-hybridized carbons (Fsp3) is 0.300. The molecule has 0 unspecified atom stereocenters. The van der Waals surface area contributed by atoms with Gasteiger partial charge in [0.2, 0.25) is 0 Å². The molecule has 0 aliphatic heterocycles. The number of nitrogens with one attached hydrogen (secondary N) is 1. The second-order valence-corrected chi connectivity index (χ2v) is 7.79. The topological polar surface area (TPSA) is 90.0 Å². The van der Waals surface area contributed by atoms with E-state index in [0.29, 0.717) is 24.8 Å². The van der Waals surface area contributed by atoms with E-state index in [1.165, 1.54) is 34.4 Å². The first-order chi connectivity index (χ1) is 13.9. The molecule has 1 N–H and O–H groups in total. The van der Waals surface area contributed by atoms with Crippen molar-refractivity contribution in [2.45, 2.75) is 6.92 Å². The van der Waals surface area contributed by atoms with Crippen LogP contribution >= 0.6 is 11.3 Å². The number of hydrogen-bond acceptors (Lipinski definition) is 6. The normalized spacial score (nSPS) is 11.0. The van der Waals surface area contributed by atoms with Crippen molar-refractivity contribution in [2.24, 2.45) is 0 Å². The van der Waals surface area contributed by atoms with Crippen molar-refractivity contribution in [3.63, 3.8) is 0 Å². The van der Waals surface area contributed by atoms with Gasteiger partial charge in [-0.15, -0.1) is 0 Å². The van der Waals surface area contributed by atoms with E-state index in [1.54, 1.807) is 11.0 Å². The number of rotatable bonds is 8. The Labute approximate surface area is 172 Å². The van der Waals surface area contributed by atoms with E-state index in [0.717, 1.165) is 16.0 Å². The Bertz CT molecular complexity index is 1030. The van der Waals surface area contributed by atoms with Crippen LogP contribution in [0.25, 0.3) is 10.2 Å². The van der Waals surface area contributed by atoms with Gasteiger partial charge >= 0.3 is 0 Å². The number of anilines is 1. The number of ether oxygens (including phenoxy) is 1. The Balaban J connectivity index is 1.98. The lowest BCUT2D eigenvalue weighted by Gasteiger charge is -2.20. The highest BCUT2D eigenvalue weighted by atomic mass is 32.1. The maximum atomic E-state index is 13.2. The first-order valence-electron chi connectivity index (χ1n) is 9.27. The highest BCUT2D eigenvalue weighted by molar-refractivity contribution is 7.22. The Morgan fingerprint density at radius 2 is 2.07 bits per heavy atom. The maximum absolute atomic E-state index is 13.2. The van der Waals surface area contributed by atoms with Crippen LogP contribution in [0.2, 0.25) is 0 Å². The van der Waals surface area contributed by atoms with Crippen molar-refractivity contribution in [2.75, 3.05) is 38.7 Å². The summed E-state index contributed by atoms with van der Waals surface area (Å²) in [5.74, 6) is 0.448. The van der Waals surface area contributed by atoms with Crippen molar-refractivity contribution in [3.8, 4) is 5.75 Å². The summed E-state index contributed by atoms with van der Waals surface area (Å²) in [6, 6.07) is 11.4. The van der Waals surface area contributed by atoms with Gasteiger partial charge in [0.1, 0.15) is 5.75 Å². The molecule has 29 heavy (non-hydrogen) atoms. The van der Waals surface area contributed by atoms with Crippen molar-refractivity contribution >= 4 is 38.3 Å². The van der Waals surface area contributed by atoms with Gasteiger partial charge in [-0.3, -0.25) is 19.8 Å². The number of hydrogen-bond donors (Lipinski definition) is 1. The highest BCUT2D eigenvalue weighted by Crippen LogP contribution is 2.32. The molecule has 2 aromatic carbocycles. The van der Waals surface area contributed by atoms with Gasteiger partial charge in [0.15, 0.2) is 5.13 Å². The lowest BCUT2D eigenvalue weighted by molar-refractivity contribution is -0.856. The molecule has 0 saturated heterocycles. The van der Waals surface area contributed by atoms with Gasteiger partial charge in [0, 0.05) is 17.7 Å². The van der Waals surface area contributed by atoms with Gasteiger partial charge in [-0.1, -0.05) is 17.4 Å². The molecule has 1 aromatic heterocycles. The van der Waals surface area contributed by atoms with Crippen LogP contribution in [-0.4, -0.2) is 49.6 Å². The number of likely N-dealkylation sites (N-methyl/N-ethyl adjacent to an activating group) is 1. The van der Waals surface area contributed by atoms with Gasteiger partial charge in [-0.25, -0.2) is 4.98 Å². The minimum atomic E-state index is -0.502. The SMILES string of the molecule is CCOc1ccc2nc(N(CC[NH+](C)C)C(=O)c3cccc([N+](=O)[O-])c3)sc2c1. The molecule has 152 valence electrons. The van der Waals surface area contributed by atoms with Gasteiger partial charge in [0.05, 0.1) is 48.9 Å². The summed E-state index contributed by atoms with van der Waals surface area (Å²) in [4.78, 5) is 31.2. The standard InChI is InChI=1S/C20H22N4O4S/c1-4-28-16-8-9-17-18(13-16)29-20(21-17)23(11-10-22(2)3)19(25)14-6-5-7-15(12-14)24(26)27/h5-9,12-13H,4,10-11H2,1-3H3/p+1. The van der Waals surface area contributed by atoms with Crippen LogP contribution < -0.4 is 14.5 Å². The van der Waals surface area contributed by atoms with E-state index in [9.17, 15) is 14.9 Å². The number of carbonyl (C=O) groups is 1. The molecule has 8 nitrogen and oxygen atoms in total. The Kier molecular flexibility index (Phi) is 6.40. The van der Waals surface area contributed by atoms with Crippen LogP contribution in [0.4, 0.5) is 10.8 Å². The van der Waals surface area contributed by atoms with Gasteiger partial charge in [-0.05, 0) is 31.2 Å². The second kappa shape index (κ2) is 8.97. The van der Waals surface area contributed by atoms with E-state index in [-0.39, 0.29) is 17.2 Å². The van der Waals surface area contributed by atoms with E-state index in [4.69, 9.17) is 4.74 Å². The van der Waals surface area contributed by atoms with Crippen LogP contribution in [0.5, 0.6) is 5.75 Å². The molecule has 0 radical (unpaired) electrons. The molecule has 1 heterocycles. The number of non-ortho nitro benzene ring substituents is 1. The predicted octanol–water partition coefficient (Wildman–Crippen LogP) is 2.39. The second-order valence-electron chi connectivity index (χ2n) is 6.78. The molecular formula is C20H23N4O4S+. The molecule has 1 amide bonds. The number of fused-ring (bicyclic) bond motifs is 1. The molecule has 0 spiro atoms. The minimum absolute atomic E-state index is 0.111. The number of aromatic nitrogens is 1. The van der Waals surface area contributed by atoms with Gasteiger partial charge in [0.25, 0.3) is 11.6 Å². The molecule has 0 fully saturated rings. The van der Waals surface area contributed by atoms with E-state index in [1.807, 2.05) is 39.2 Å². The summed E-state index contributed by atoms with van der Waals surface area (Å²) in [5.41, 5.74) is 0.935. The van der Waals surface area contributed by atoms with Crippen LogP contribution in [0, 0.1) is 10.1 Å². The smallest absolute Gasteiger partial charge is 0.270 e. The van der Waals surface area contributed by atoms with E-state index >= 15 is 0 Å². The van der Waals surface area contributed by atoms with E-state index < -0.39 is 4.92 Å². The van der Waals surface area contributed by atoms with E-state index in [2.05, 4.69) is 4.98 Å².